The maximum absolute atomic E-state index is 13.0. The summed E-state index contributed by atoms with van der Waals surface area (Å²) >= 11 is 0. The minimum atomic E-state index is -0.0810. The number of nitrogens with one attached hydrogen (secondary N) is 1. The third-order valence-electron chi connectivity index (χ3n) is 4.03. The Hall–Kier alpha value is -3.28. The van der Waals surface area contributed by atoms with Crippen LogP contribution in [-0.2, 0) is 7.05 Å². The minimum absolute atomic E-state index is 0.0810. The largest absolute Gasteiger partial charge is 0.345 e. The molecule has 0 atom stereocenters. The summed E-state index contributed by atoms with van der Waals surface area (Å²) in [4.78, 5) is 24.6. The number of carbonyl (C=O) groups excluding carboxylic acids is 1. The lowest BCUT2D eigenvalue weighted by Crippen LogP contribution is -2.08. The van der Waals surface area contributed by atoms with E-state index >= 15 is 0 Å². The first-order valence-electron chi connectivity index (χ1n) is 7.57. The Morgan fingerprint density at radius 2 is 2.12 bits per heavy atom. The molecule has 4 aromatic rings. The van der Waals surface area contributed by atoms with Crippen molar-refractivity contribution in [3.63, 3.8) is 0 Å². The van der Waals surface area contributed by atoms with Crippen molar-refractivity contribution in [3.8, 4) is 11.1 Å². The van der Waals surface area contributed by atoms with Gasteiger partial charge in [0, 0.05) is 42.8 Å². The molecule has 0 aliphatic rings. The van der Waals surface area contributed by atoms with Gasteiger partial charge in [-0.15, -0.1) is 0 Å². The van der Waals surface area contributed by atoms with E-state index < -0.39 is 0 Å². The fourth-order valence-electron chi connectivity index (χ4n) is 2.96. The van der Waals surface area contributed by atoms with Crippen molar-refractivity contribution in [3.05, 3.63) is 66.0 Å². The van der Waals surface area contributed by atoms with E-state index in [0.717, 1.165) is 22.2 Å². The number of hydrogen-bond acceptors (Lipinski definition) is 4. The Morgan fingerprint density at radius 3 is 2.83 bits per heavy atom. The highest BCUT2D eigenvalue weighted by Gasteiger charge is 2.21. The number of aromatic nitrogens is 5. The van der Waals surface area contributed by atoms with E-state index in [-0.39, 0.29) is 5.78 Å². The van der Waals surface area contributed by atoms with Crippen LogP contribution in [0.1, 0.15) is 21.7 Å². The average molecular weight is 317 g/mol. The number of pyridine rings is 2. The number of fused-ring (bicyclic) bond motifs is 1. The molecule has 1 N–H and O–H groups in total. The molecule has 6 heteroatoms. The van der Waals surface area contributed by atoms with Gasteiger partial charge in [-0.05, 0) is 30.7 Å². The number of hydrogen-bond donors (Lipinski definition) is 1. The molecule has 0 amide bonds. The Labute approximate surface area is 138 Å². The number of ketones is 1. The normalized spacial score (nSPS) is 11.1. The molecule has 0 radical (unpaired) electrons. The van der Waals surface area contributed by atoms with Crippen molar-refractivity contribution in [2.45, 2.75) is 6.92 Å². The molecule has 4 rings (SSSR count). The van der Waals surface area contributed by atoms with Crippen LogP contribution in [0.3, 0.4) is 0 Å². The summed E-state index contributed by atoms with van der Waals surface area (Å²) in [6, 6.07) is 7.54. The van der Waals surface area contributed by atoms with E-state index in [1.165, 1.54) is 0 Å². The van der Waals surface area contributed by atoms with Gasteiger partial charge in [0.1, 0.15) is 11.3 Å². The predicted octanol–water partition coefficient (Wildman–Crippen LogP) is 2.90. The summed E-state index contributed by atoms with van der Waals surface area (Å²) in [5.74, 6) is -0.0810. The van der Waals surface area contributed by atoms with Crippen LogP contribution in [0.2, 0.25) is 0 Å². The molecule has 0 saturated heterocycles. The van der Waals surface area contributed by atoms with E-state index in [0.29, 0.717) is 16.9 Å². The Balaban J connectivity index is 1.94. The zero-order valence-electron chi connectivity index (χ0n) is 13.3. The summed E-state index contributed by atoms with van der Waals surface area (Å²) in [7, 11) is 1.77. The Kier molecular flexibility index (Phi) is 3.23. The van der Waals surface area contributed by atoms with Crippen LogP contribution in [0.15, 0.2) is 49.1 Å². The Bertz CT molecular complexity index is 1050. The maximum atomic E-state index is 13.0. The molecule has 0 spiro atoms. The second-order valence-electron chi connectivity index (χ2n) is 5.65. The molecule has 0 aliphatic heterocycles. The lowest BCUT2D eigenvalue weighted by molar-refractivity contribution is 0.103. The molecule has 4 aromatic heterocycles. The van der Waals surface area contributed by atoms with E-state index in [9.17, 15) is 4.79 Å². The number of nitrogens with zero attached hydrogens (tertiary/aromatic N) is 4. The molecule has 0 unspecified atom stereocenters. The summed E-state index contributed by atoms with van der Waals surface area (Å²) in [5.41, 5.74) is 4.50. The van der Waals surface area contributed by atoms with Gasteiger partial charge in [0.15, 0.2) is 0 Å². The van der Waals surface area contributed by atoms with Crippen molar-refractivity contribution in [2.24, 2.45) is 7.05 Å². The Morgan fingerprint density at radius 1 is 1.25 bits per heavy atom. The van der Waals surface area contributed by atoms with Crippen molar-refractivity contribution < 1.29 is 4.79 Å². The van der Waals surface area contributed by atoms with Gasteiger partial charge in [0.05, 0.1) is 11.3 Å². The van der Waals surface area contributed by atoms with Crippen molar-refractivity contribution in [2.75, 3.05) is 0 Å². The second kappa shape index (κ2) is 5.42. The first kappa shape index (κ1) is 14.3. The zero-order chi connectivity index (χ0) is 16.7. The van der Waals surface area contributed by atoms with E-state index in [1.54, 1.807) is 42.6 Å². The first-order valence-corrected chi connectivity index (χ1v) is 7.57. The van der Waals surface area contributed by atoms with Crippen LogP contribution in [0.4, 0.5) is 0 Å². The summed E-state index contributed by atoms with van der Waals surface area (Å²) in [6.07, 6.45) is 6.94. The van der Waals surface area contributed by atoms with Crippen LogP contribution < -0.4 is 0 Å². The fraction of sp³-hybridized carbons (Fsp3) is 0.111. The van der Waals surface area contributed by atoms with Gasteiger partial charge in [-0.1, -0.05) is 6.07 Å². The molecule has 118 valence electrons. The lowest BCUT2D eigenvalue weighted by atomic mass is 10.00. The number of aryl methyl sites for hydroxylation is 2. The van der Waals surface area contributed by atoms with Gasteiger partial charge in [-0.2, -0.15) is 5.10 Å². The highest BCUT2D eigenvalue weighted by Crippen LogP contribution is 2.30. The van der Waals surface area contributed by atoms with Crippen molar-refractivity contribution >= 4 is 16.8 Å². The topological polar surface area (TPSA) is 76.5 Å². The van der Waals surface area contributed by atoms with Crippen LogP contribution in [0, 0.1) is 6.92 Å². The fourth-order valence-corrected chi connectivity index (χ4v) is 2.96. The van der Waals surface area contributed by atoms with Crippen LogP contribution in [0.25, 0.3) is 22.2 Å². The smallest absolute Gasteiger partial charge is 0.213 e. The highest BCUT2D eigenvalue weighted by molar-refractivity contribution is 6.18. The third kappa shape index (κ3) is 2.20. The van der Waals surface area contributed by atoms with Gasteiger partial charge in [0.2, 0.25) is 5.78 Å². The second-order valence-corrected chi connectivity index (χ2v) is 5.65. The molecule has 6 nitrogen and oxygen atoms in total. The quantitative estimate of drug-likeness (QED) is 0.589. The van der Waals surface area contributed by atoms with Gasteiger partial charge in [-0.25, -0.2) is 4.98 Å². The maximum Gasteiger partial charge on any atom is 0.213 e. The van der Waals surface area contributed by atoms with E-state index in [1.807, 2.05) is 25.1 Å². The molecule has 0 saturated carbocycles. The summed E-state index contributed by atoms with van der Waals surface area (Å²) in [6.45, 7) is 1.87. The number of aromatic amines is 1. The monoisotopic (exact) mass is 317 g/mol. The standard InChI is InChI=1S/C18H15N5O/c1-11-8-15(23(2)22-11)17(24)14-10-21-18-16(14)13(5-7-20-18)12-4-3-6-19-9-12/h3-10H,1-2H3,(H,20,21). The molecule has 24 heavy (non-hydrogen) atoms. The number of carbonyl (C=O) groups is 1. The molecule has 0 bridgehead atoms. The van der Waals surface area contributed by atoms with E-state index in [2.05, 4.69) is 20.1 Å². The van der Waals surface area contributed by atoms with Crippen molar-refractivity contribution in [1.82, 2.24) is 24.7 Å². The van der Waals surface area contributed by atoms with Gasteiger partial charge in [-0.3, -0.25) is 14.5 Å². The summed E-state index contributed by atoms with van der Waals surface area (Å²) in [5, 5.41) is 5.06. The number of rotatable bonds is 3. The lowest BCUT2D eigenvalue weighted by Gasteiger charge is -2.05. The molecular weight excluding hydrogens is 302 g/mol. The van der Waals surface area contributed by atoms with Gasteiger partial charge in [0.25, 0.3) is 0 Å². The van der Waals surface area contributed by atoms with Gasteiger partial charge >= 0.3 is 0 Å². The number of H-pyrrole nitrogens is 1. The molecule has 0 fully saturated rings. The molecule has 0 aliphatic carbocycles. The summed E-state index contributed by atoms with van der Waals surface area (Å²) < 4.78 is 1.61. The first-order chi connectivity index (χ1) is 11.6. The van der Waals surface area contributed by atoms with Crippen LogP contribution >= 0.6 is 0 Å². The van der Waals surface area contributed by atoms with E-state index in [4.69, 9.17) is 0 Å². The molecular formula is C18H15N5O. The van der Waals surface area contributed by atoms with Crippen LogP contribution in [0.5, 0.6) is 0 Å². The SMILES string of the molecule is Cc1cc(C(=O)c2c[nH]c3nccc(-c4cccnc4)c23)n(C)n1. The van der Waals surface area contributed by atoms with Crippen LogP contribution in [-0.4, -0.2) is 30.5 Å². The zero-order valence-corrected chi connectivity index (χ0v) is 13.3. The average Bonchev–Trinajstić information content (AvgIpc) is 3.18. The van der Waals surface area contributed by atoms with Gasteiger partial charge < -0.3 is 4.98 Å². The highest BCUT2D eigenvalue weighted by atomic mass is 16.1. The molecule has 0 aromatic carbocycles. The van der Waals surface area contributed by atoms with Crippen molar-refractivity contribution in [1.29, 1.82) is 0 Å². The minimum Gasteiger partial charge on any atom is -0.345 e. The predicted molar refractivity (Wildman–Crippen MR) is 90.7 cm³/mol. The molecule has 4 heterocycles. The third-order valence-corrected chi connectivity index (χ3v) is 4.03.